The smallest absolute Gasteiger partial charge is 0.253 e. The molecule has 0 aromatic rings. The van der Waals surface area contributed by atoms with Crippen LogP contribution in [-0.4, -0.2) is 17.8 Å². The second-order valence-electron chi connectivity index (χ2n) is 3.26. The van der Waals surface area contributed by atoms with E-state index < -0.39 is 5.54 Å². The normalized spacial score (nSPS) is 19.7. The highest BCUT2D eigenvalue weighted by atomic mass is 16.2. The highest BCUT2D eigenvalue weighted by Gasteiger charge is 2.38. The van der Waals surface area contributed by atoms with Crippen LogP contribution in [0.3, 0.4) is 0 Å². The third kappa shape index (κ3) is 1.49. The van der Waals surface area contributed by atoms with Crippen molar-refractivity contribution in [3.8, 4) is 0 Å². The van der Waals surface area contributed by atoms with Crippen LogP contribution < -0.4 is 5.32 Å². The molecule has 0 spiro atoms. The lowest BCUT2D eigenvalue weighted by molar-refractivity contribution is -0.124. The quantitative estimate of drug-likeness (QED) is 0.678. The molecule has 1 amide bonds. The fraction of sp³-hybridized carbons (Fsp3) is 0.778. The topological polar surface area (TPSA) is 41.5 Å². The average Bonchev–Trinajstić information content (AvgIpc) is 2.35. The molecule has 68 valence electrons. The first-order chi connectivity index (χ1) is 5.75. The Hall–Kier alpha value is -0.860. The summed E-state index contributed by atoms with van der Waals surface area (Å²) in [5.74, 6) is 0.0752. The first-order valence-electron chi connectivity index (χ1n) is 4.60. The van der Waals surface area contributed by atoms with Crippen LogP contribution in [0.2, 0.25) is 0 Å². The summed E-state index contributed by atoms with van der Waals surface area (Å²) < 4.78 is 0. The van der Waals surface area contributed by atoms with Crippen molar-refractivity contribution in [2.75, 3.05) is 0 Å². The summed E-state index contributed by atoms with van der Waals surface area (Å²) in [6.45, 7) is 4.16. The molecule has 0 aromatic carbocycles. The molecule has 0 saturated carbocycles. The first-order valence-corrected chi connectivity index (χ1v) is 4.60. The molecular weight excluding hydrogens is 152 g/mol. The number of rotatable bonds is 4. The van der Waals surface area contributed by atoms with Crippen molar-refractivity contribution in [3.63, 3.8) is 0 Å². The van der Waals surface area contributed by atoms with Crippen molar-refractivity contribution in [3.05, 3.63) is 0 Å². The lowest BCUT2D eigenvalue weighted by Gasteiger charge is -2.21. The van der Waals surface area contributed by atoms with E-state index in [0.717, 1.165) is 25.7 Å². The third-order valence-electron chi connectivity index (χ3n) is 2.26. The van der Waals surface area contributed by atoms with E-state index in [4.69, 9.17) is 0 Å². The van der Waals surface area contributed by atoms with Gasteiger partial charge in [0.1, 0.15) is 5.54 Å². The number of amides is 1. The second-order valence-corrected chi connectivity index (χ2v) is 3.26. The van der Waals surface area contributed by atoms with Crippen LogP contribution in [0.25, 0.3) is 0 Å². The summed E-state index contributed by atoms with van der Waals surface area (Å²) in [6, 6.07) is 0. The molecular formula is C9H16N2O. The van der Waals surface area contributed by atoms with Crippen molar-refractivity contribution in [2.45, 2.75) is 45.1 Å². The predicted molar refractivity (Wildman–Crippen MR) is 49.2 cm³/mol. The molecule has 1 aliphatic heterocycles. The zero-order valence-electron chi connectivity index (χ0n) is 7.76. The highest BCUT2D eigenvalue weighted by Crippen LogP contribution is 2.26. The summed E-state index contributed by atoms with van der Waals surface area (Å²) >= 11 is 0. The molecule has 1 rings (SSSR count). The lowest BCUT2D eigenvalue weighted by Crippen LogP contribution is -2.38. The van der Waals surface area contributed by atoms with E-state index in [2.05, 4.69) is 24.2 Å². The van der Waals surface area contributed by atoms with E-state index in [-0.39, 0.29) is 5.91 Å². The Morgan fingerprint density at radius 3 is 2.33 bits per heavy atom. The molecule has 1 aliphatic rings. The molecule has 0 saturated heterocycles. The molecule has 0 radical (unpaired) electrons. The van der Waals surface area contributed by atoms with E-state index in [9.17, 15) is 4.79 Å². The predicted octanol–water partition coefficient (Wildman–Crippen LogP) is 1.48. The van der Waals surface area contributed by atoms with E-state index >= 15 is 0 Å². The average molecular weight is 168 g/mol. The Balaban J connectivity index is 2.70. The summed E-state index contributed by atoms with van der Waals surface area (Å²) in [4.78, 5) is 15.7. The van der Waals surface area contributed by atoms with Crippen molar-refractivity contribution in [1.82, 2.24) is 5.32 Å². The van der Waals surface area contributed by atoms with E-state index in [1.165, 1.54) is 6.34 Å². The number of hydrogen-bond donors (Lipinski definition) is 1. The van der Waals surface area contributed by atoms with Gasteiger partial charge in [0.05, 0.1) is 6.34 Å². The van der Waals surface area contributed by atoms with Gasteiger partial charge in [-0.05, 0) is 12.8 Å². The monoisotopic (exact) mass is 168 g/mol. The maximum Gasteiger partial charge on any atom is 0.253 e. The van der Waals surface area contributed by atoms with Crippen LogP contribution in [0, 0.1) is 0 Å². The molecule has 3 nitrogen and oxygen atoms in total. The number of carbonyl (C=O) groups is 1. The number of nitrogens with zero attached hydrogens (tertiary/aromatic N) is 1. The summed E-state index contributed by atoms with van der Waals surface area (Å²) in [7, 11) is 0. The molecule has 0 atom stereocenters. The van der Waals surface area contributed by atoms with Crippen LogP contribution in [0.5, 0.6) is 0 Å². The van der Waals surface area contributed by atoms with Crippen LogP contribution in [0.1, 0.15) is 39.5 Å². The van der Waals surface area contributed by atoms with Crippen LogP contribution in [0.4, 0.5) is 0 Å². The van der Waals surface area contributed by atoms with Crippen LogP contribution in [-0.2, 0) is 4.79 Å². The summed E-state index contributed by atoms with van der Waals surface area (Å²) in [5.41, 5.74) is -0.427. The van der Waals surface area contributed by atoms with Crippen molar-refractivity contribution < 1.29 is 4.79 Å². The summed E-state index contributed by atoms with van der Waals surface area (Å²) in [5, 5.41) is 2.65. The number of carbonyl (C=O) groups excluding carboxylic acids is 1. The largest absolute Gasteiger partial charge is 0.315 e. The van der Waals surface area contributed by atoms with Crippen molar-refractivity contribution >= 4 is 12.2 Å². The maximum atomic E-state index is 11.4. The van der Waals surface area contributed by atoms with Gasteiger partial charge in [-0.1, -0.05) is 26.7 Å². The molecule has 0 unspecified atom stereocenters. The van der Waals surface area contributed by atoms with Gasteiger partial charge in [-0.25, -0.2) is 0 Å². The Morgan fingerprint density at radius 1 is 1.42 bits per heavy atom. The lowest BCUT2D eigenvalue weighted by atomic mass is 9.89. The minimum atomic E-state index is -0.427. The van der Waals surface area contributed by atoms with E-state index in [1.807, 2.05) is 0 Å². The summed E-state index contributed by atoms with van der Waals surface area (Å²) in [6.07, 6.45) is 5.27. The fourth-order valence-electron chi connectivity index (χ4n) is 1.72. The Bertz CT molecular complexity index is 193. The number of hydrogen-bond acceptors (Lipinski definition) is 2. The van der Waals surface area contributed by atoms with Gasteiger partial charge in [-0.2, -0.15) is 0 Å². The highest BCUT2D eigenvalue weighted by molar-refractivity contribution is 5.99. The molecule has 0 fully saturated rings. The van der Waals surface area contributed by atoms with Gasteiger partial charge in [-0.3, -0.25) is 9.79 Å². The van der Waals surface area contributed by atoms with Gasteiger partial charge >= 0.3 is 0 Å². The number of aliphatic imine (C=N–C) groups is 1. The van der Waals surface area contributed by atoms with Gasteiger partial charge in [-0.15, -0.1) is 0 Å². The zero-order valence-corrected chi connectivity index (χ0v) is 7.76. The van der Waals surface area contributed by atoms with Crippen molar-refractivity contribution in [1.29, 1.82) is 0 Å². The Kier molecular flexibility index (Phi) is 2.84. The molecule has 0 aromatic heterocycles. The minimum Gasteiger partial charge on any atom is -0.315 e. The zero-order chi connectivity index (χ0) is 9.03. The third-order valence-corrected chi connectivity index (χ3v) is 2.26. The Labute approximate surface area is 73.3 Å². The molecule has 0 bridgehead atoms. The van der Waals surface area contributed by atoms with Crippen LogP contribution in [0.15, 0.2) is 4.99 Å². The second kappa shape index (κ2) is 3.70. The molecule has 1 heterocycles. The SMILES string of the molecule is CCCC1(CCC)N=CNC1=O. The van der Waals surface area contributed by atoms with E-state index in [1.54, 1.807) is 0 Å². The molecule has 12 heavy (non-hydrogen) atoms. The van der Waals surface area contributed by atoms with Gasteiger partial charge in [0, 0.05) is 0 Å². The maximum absolute atomic E-state index is 11.4. The standard InChI is InChI=1S/C9H16N2O/c1-3-5-9(6-4-2)8(12)10-7-11-9/h7H,3-6H2,1-2H3,(H,10,11,12). The van der Waals surface area contributed by atoms with Crippen molar-refractivity contribution in [2.24, 2.45) is 4.99 Å². The molecule has 0 aliphatic carbocycles. The van der Waals surface area contributed by atoms with Crippen LogP contribution >= 0.6 is 0 Å². The van der Waals surface area contributed by atoms with Gasteiger partial charge in [0.25, 0.3) is 5.91 Å². The first kappa shape index (κ1) is 9.23. The number of nitrogens with one attached hydrogen (secondary N) is 1. The molecule has 1 N–H and O–H groups in total. The van der Waals surface area contributed by atoms with E-state index in [0.29, 0.717) is 0 Å². The minimum absolute atomic E-state index is 0.0752. The fourth-order valence-corrected chi connectivity index (χ4v) is 1.72. The van der Waals surface area contributed by atoms with Gasteiger partial charge < -0.3 is 5.32 Å². The Morgan fingerprint density at radius 2 is 2.00 bits per heavy atom. The molecule has 3 heteroatoms. The van der Waals surface area contributed by atoms with Gasteiger partial charge in [0.15, 0.2) is 0 Å². The van der Waals surface area contributed by atoms with Gasteiger partial charge in [0.2, 0.25) is 0 Å².